The van der Waals surface area contributed by atoms with Crippen molar-refractivity contribution in [2.45, 2.75) is 25.5 Å². The number of carbonyl (C=O) groups is 1. The zero-order chi connectivity index (χ0) is 18.6. The Morgan fingerprint density at radius 1 is 1.04 bits per heavy atom. The highest BCUT2D eigenvalue weighted by Crippen LogP contribution is 2.34. The van der Waals surface area contributed by atoms with Crippen molar-refractivity contribution in [2.75, 3.05) is 43.0 Å². The molecule has 1 fully saturated rings. The third-order valence-electron chi connectivity index (χ3n) is 5.34. The number of nitrogens with zero attached hydrogens (tertiary/aromatic N) is 4. The van der Waals surface area contributed by atoms with Gasteiger partial charge in [0.05, 0.1) is 23.6 Å². The van der Waals surface area contributed by atoms with Gasteiger partial charge in [0.15, 0.2) is 0 Å². The molecule has 1 saturated heterocycles. The molecule has 0 spiro atoms. The van der Waals surface area contributed by atoms with E-state index in [4.69, 9.17) is 4.74 Å². The number of carbonyl (C=O) groups excluding carboxylic acids is 1. The van der Waals surface area contributed by atoms with E-state index >= 15 is 0 Å². The highest BCUT2D eigenvalue weighted by molar-refractivity contribution is 5.93. The molecule has 0 N–H and O–H groups in total. The fourth-order valence-corrected chi connectivity index (χ4v) is 3.77. The normalized spacial score (nSPS) is 18.3. The predicted molar refractivity (Wildman–Crippen MR) is 106 cm³/mol. The molecule has 0 unspecified atom stereocenters. The average Bonchev–Trinajstić information content (AvgIpc) is 2.71. The molecule has 1 aromatic heterocycles. The number of aromatic nitrogens is 1. The van der Waals surface area contributed by atoms with E-state index in [9.17, 15) is 4.79 Å². The molecule has 6 heteroatoms. The molecule has 4 rings (SSSR count). The molecule has 1 amide bonds. The van der Waals surface area contributed by atoms with Gasteiger partial charge in [-0.3, -0.25) is 9.88 Å². The zero-order valence-electron chi connectivity index (χ0n) is 15.8. The Balaban J connectivity index is 1.48. The van der Waals surface area contributed by atoms with Crippen LogP contribution in [-0.2, 0) is 11.3 Å². The van der Waals surface area contributed by atoms with Gasteiger partial charge in [-0.2, -0.15) is 0 Å². The van der Waals surface area contributed by atoms with Crippen molar-refractivity contribution in [2.24, 2.45) is 0 Å². The van der Waals surface area contributed by atoms with Crippen LogP contribution in [0.2, 0.25) is 0 Å². The van der Waals surface area contributed by atoms with E-state index in [1.54, 1.807) is 4.90 Å². The fourth-order valence-electron chi connectivity index (χ4n) is 3.77. The Kier molecular flexibility index (Phi) is 5.25. The van der Waals surface area contributed by atoms with E-state index in [0.717, 1.165) is 56.1 Å². The van der Waals surface area contributed by atoms with E-state index in [1.807, 2.05) is 42.6 Å². The summed E-state index contributed by atoms with van der Waals surface area (Å²) in [6, 6.07) is 14.0. The number of likely N-dealkylation sites (tertiary alicyclic amines) is 1. The molecule has 6 nitrogen and oxygen atoms in total. The second-order valence-electron chi connectivity index (χ2n) is 7.27. The maximum Gasteiger partial charge on any atom is 0.414 e. The minimum atomic E-state index is -0.227. The first-order valence-electron chi connectivity index (χ1n) is 9.61. The van der Waals surface area contributed by atoms with Crippen LogP contribution in [-0.4, -0.2) is 55.3 Å². The lowest BCUT2D eigenvalue weighted by Crippen LogP contribution is -2.46. The van der Waals surface area contributed by atoms with Crippen molar-refractivity contribution in [1.29, 1.82) is 0 Å². The number of amides is 1. The Morgan fingerprint density at radius 3 is 2.52 bits per heavy atom. The number of fused-ring (bicyclic) bond motifs is 1. The van der Waals surface area contributed by atoms with Crippen LogP contribution < -0.4 is 9.80 Å². The lowest BCUT2D eigenvalue weighted by atomic mass is 10.1. The monoisotopic (exact) mass is 366 g/mol. The minimum absolute atomic E-state index is 0.0208. The van der Waals surface area contributed by atoms with Gasteiger partial charge in [0.1, 0.15) is 6.10 Å². The zero-order valence-corrected chi connectivity index (χ0v) is 15.8. The van der Waals surface area contributed by atoms with Gasteiger partial charge >= 0.3 is 6.09 Å². The van der Waals surface area contributed by atoms with E-state index < -0.39 is 0 Å². The number of pyridine rings is 1. The molecule has 0 atom stereocenters. The Bertz CT molecular complexity index is 775. The van der Waals surface area contributed by atoms with E-state index in [2.05, 4.69) is 27.9 Å². The Hall–Kier alpha value is -2.60. The summed E-state index contributed by atoms with van der Waals surface area (Å²) >= 11 is 0. The van der Waals surface area contributed by atoms with Gasteiger partial charge in [-0.1, -0.05) is 18.2 Å². The van der Waals surface area contributed by atoms with Crippen LogP contribution in [0, 0.1) is 0 Å². The quantitative estimate of drug-likeness (QED) is 0.835. The number of hydrogen-bond donors (Lipinski definition) is 0. The van der Waals surface area contributed by atoms with E-state index in [1.165, 1.54) is 0 Å². The third kappa shape index (κ3) is 4.06. The second kappa shape index (κ2) is 7.96. The summed E-state index contributed by atoms with van der Waals surface area (Å²) < 4.78 is 5.82. The van der Waals surface area contributed by atoms with E-state index in [0.29, 0.717) is 6.54 Å². The number of hydrogen-bond acceptors (Lipinski definition) is 5. The van der Waals surface area contributed by atoms with Crippen LogP contribution in [0.3, 0.4) is 0 Å². The van der Waals surface area contributed by atoms with Gasteiger partial charge in [0, 0.05) is 32.4 Å². The van der Waals surface area contributed by atoms with Crippen LogP contribution in [0.15, 0.2) is 48.7 Å². The summed E-state index contributed by atoms with van der Waals surface area (Å²) in [7, 11) is 2.11. The van der Waals surface area contributed by atoms with Gasteiger partial charge in [0.2, 0.25) is 0 Å². The summed E-state index contributed by atoms with van der Waals surface area (Å²) in [6.07, 6.45) is 3.42. The molecule has 27 heavy (non-hydrogen) atoms. The van der Waals surface area contributed by atoms with E-state index in [-0.39, 0.29) is 12.2 Å². The molecule has 142 valence electrons. The van der Waals surface area contributed by atoms with Gasteiger partial charge in [-0.05, 0) is 44.2 Å². The molecular weight excluding hydrogens is 340 g/mol. The standard InChI is InChI=1S/C21H26N4O2/c1-23-12-9-18(10-13-23)27-21(26)25-15-14-24(16-17-6-4-5-11-22-17)19-7-2-3-8-20(19)25/h2-8,11,18H,9-10,12-16H2,1H3. The van der Waals surface area contributed by atoms with Gasteiger partial charge in [-0.25, -0.2) is 4.79 Å². The second-order valence-corrected chi connectivity index (χ2v) is 7.27. The first-order valence-corrected chi connectivity index (χ1v) is 9.61. The fraction of sp³-hybridized carbons (Fsp3) is 0.429. The Morgan fingerprint density at radius 2 is 1.78 bits per heavy atom. The number of rotatable bonds is 3. The first-order chi connectivity index (χ1) is 13.2. The number of para-hydroxylation sites is 2. The van der Waals surface area contributed by atoms with Crippen LogP contribution in [0.5, 0.6) is 0 Å². The van der Waals surface area contributed by atoms with Gasteiger partial charge in [0.25, 0.3) is 0 Å². The summed E-state index contributed by atoms with van der Waals surface area (Å²) in [4.78, 5) is 23.6. The van der Waals surface area contributed by atoms with Crippen molar-refractivity contribution < 1.29 is 9.53 Å². The van der Waals surface area contributed by atoms with Crippen LogP contribution in [0.4, 0.5) is 16.2 Å². The molecule has 0 bridgehead atoms. The molecule has 0 radical (unpaired) electrons. The van der Waals surface area contributed by atoms with Gasteiger partial charge in [-0.15, -0.1) is 0 Å². The van der Waals surface area contributed by atoms with Crippen LogP contribution in [0.1, 0.15) is 18.5 Å². The van der Waals surface area contributed by atoms with Crippen molar-refractivity contribution in [3.05, 3.63) is 54.4 Å². The molecule has 2 aliphatic heterocycles. The van der Waals surface area contributed by atoms with Crippen LogP contribution >= 0.6 is 0 Å². The lowest BCUT2D eigenvalue weighted by molar-refractivity contribution is 0.0616. The molecular formula is C21H26N4O2. The summed E-state index contributed by atoms with van der Waals surface area (Å²) in [5, 5.41) is 0. The smallest absolute Gasteiger partial charge is 0.414 e. The molecule has 0 saturated carbocycles. The highest BCUT2D eigenvalue weighted by Gasteiger charge is 2.30. The molecule has 2 aromatic rings. The first kappa shape index (κ1) is 17.8. The maximum atomic E-state index is 12.8. The SMILES string of the molecule is CN1CCC(OC(=O)N2CCN(Cc3ccccn3)c3ccccc32)CC1. The topological polar surface area (TPSA) is 48.9 Å². The Labute approximate surface area is 160 Å². The minimum Gasteiger partial charge on any atom is -0.446 e. The average molecular weight is 366 g/mol. The van der Waals surface area contributed by atoms with Crippen molar-refractivity contribution in [3.63, 3.8) is 0 Å². The number of benzene rings is 1. The van der Waals surface area contributed by atoms with Crippen molar-refractivity contribution in [1.82, 2.24) is 9.88 Å². The maximum absolute atomic E-state index is 12.8. The highest BCUT2D eigenvalue weighted by atomic mass is 16.6. The third-order valence-corrected chi connectivity index (χ3v) is 5.34. The van der Waals surface area contributed by atoms with Crippen molar-refractivity contribution >= 4 is 17.5 Å². The predicted octanol–water partition coefficient (Wildman–Crippen LogP) is 3.14. The van der Waals surface area contributed by atoms with Gasteiger partial charge < -0.3 is 14.5 Å². The van der Waals surface area contributed by atoms with Crippen molar-refractivity contribution in [3.8, 4) is 0 Å². The number of anilines is 2. The summed E-state index contributed by atoms with van der Waals surface area (Å²) in [5.74, 6) is 0. The lowest BCUT2D eigenvalue weighted by Gasteiger charge is -2.38. The molecule has 2 aliphatic rings. The largest absolute Gasteiger partial charge is 0.446 e. The molecule has 3 heterocycles. The number of ether oxygens (including phenoxy) is 1. The number of piperidine rings is 1. The summed E-state index contributed by atoms with van der Waals surface area (Å²) in [5.41, 5.74) is 2.99. The molecule has 1 aromatic carbocycles. The summed E-state index contributed by atoms with van der Waals surface area (Å²) in [6.45, 7) is 4.07. The molecule has 0 aliphatic carbocycles. The van der Waals surface area contributed by atoms with Crippen LogP contribution in [0.25, 0.3) is 0 Å².